The van der Waals surface area contributed by atoms with E-state index in [1.165, 1.54) is 0 Å². The molecule has 0 aliphatic heterocycles. The summed E-state index contributed by atoms with van der Waals surface area (Å²) >= 11 is 0. The van der Waals surface area contributed by atoms with Crippen LogP contribution < -0.4 is 10.2 Å². The Hall–Kier alpha value is -3.13. The smallest absolute Gasteiger partial charge is 0.277 e. The van der Waals surface area contributed by atoms with Gasteiger partial charge in [0.25, 0.3) is 5.91 Å². The first-order valence-corrected chi connectivity index (χ1v) is 6.70. The van der Waals surface area contributed by atoms with E-state index in [-0.39, 0.29) is 6.61 Å². The molecule has 0 atom stereocenters. The molecule has 1 N–H and O–H groups in total. The van der Waals surface area contributed by atoms with Crippen molar-refractivity contribution < 1.29 is 9.53 Å². The van der Waals surface area contributed by atoms with Crippen molar-refractivity contribution in [3.63, 3.8) is 0 Å². The molecule has 0 unspecified atom stereocenters. The molecule has 0 aromatic heterocycles. The molecule has 0 saturated carbocycles. The molecule has 0 fully saturated rings. The van der Waals surface area contributed by atoms with Gasteiger partial charge in [0.2, 0.25) is 0 Å². The number of benzene rings is 2. The summed E-state index contributed by atoms with van der Waals surface area (Å²) in [5.41, 5.74) is 4.77. The molecule has 2 aromatic carbocycles. The number of ether oxygens (including phenoxy) is 1. The number of amides is 1. The molecule has 1 amide bonds. The first-order valence-electron chi connectivity index (χ1n) is 6.70. The van der Waals surface area contributed by atoms with Gasteiger partial charge >= 0.3 is 0 Å². The predicted octanol–water partition coefficient (Wildman–Crippen LogP) is 2.40. The van der Waals surface area contributed by atoms with E-state index in [0.29, 0.717) is 11.3 Å². The van der Waals surface area contributed by atoms with E-state index in [1.807, 2.05) is 37.3 Å². The summed E-state index contributed by atoms with van der Waals surface area (Å²) in [7, 11) is 0. The Morgan fingerprint density at radius 3 is 2.77 bits per heavy atom. The third-order valence-electron chi connectivity index (χ3n) is 2.95. The van der Waals surface area contributed by atoms with Crippen LogP contribution in [0.4, 0.5) is 0 Å². The Morgan fingerprint density at radius 2 is 2.00 bits per heavy atom. The largest absolute Gasteiger partial charge is 0.482 e. The van der Waals surface area contributed by atoms with E-state index in [9.17, 15) is 4.79 Å². The van der Waals surface area contributed by atoms with Crippen molar-refractivity contribution in [2.45, 2.75) is 6.92 Å². The maximum Gasteiger partial charge on any atom is 0.277 e. The van der Waals surface area contributed by atoms with Crippen molar-refractivity contribution in [2.24, 2.45) is 5.10 Å². The number of carbonyl (C=O) groups excluding carboxylic acids is 1. The summed E-state index contributed by atoms with van der Waals surface area (Å²) in [6.07, 6.45) is 1.58. The minimum absolute atomic E-state index is 0.205. The Balaban J connectivity index is 1.86. The molecule has 0 heterocycles. The lowest BCUT2D eigenvalue weighted by Gasteiger charge is -2.06. The van der Waals surface area contributed by atoms with Gasteiger partial charge in [-0.2, -0.15) is 10.4 Å². The van der Waals surface area contributed by atoms with Crippen LogP contribution in [0.3, 0.4) is 0 Å². The molecule has 2 rings (SSSR count). The van der Waals surface area contributed by atoms with Crippen LogP contribution in [0, 0.1) is 18.3 Å². The summed E-state index contributed by atoms with van der Waals surface area (Å²) < 4.78 is 5.31. The zero-order valence-electron chi connectivity index (χ0n) is 12.1. The number of hydrogen-bond donors (Lipinski definition) is 1. The molecule has 0 aliphatic rings. The van der Waals surface area contributed by atoms with E-state index in [1.54, 1.807) is 30.5 Å². The highest BCUT2D eigenvalue weighted by Gasteiger charge is 2.05. The zero-order valence-corrected chi connectivity index (χ0v) is 12.1. The second kappa shape index (κ2) is 7.60. The first kappa shape index (κ1) is 15.3. The van der Waals surface area contributed by atoms with Crippen molar-refractivity contribution in [1.29, 1.82) is 5.26 Å². The van der Waals surface area contributed by atoms with Gasteiger partial charge < -0.3 is 4.74 Å². The van der Waals surface area contributed by atoms with Crippen LogP contribution in [0.25, 0.3) is 0 Å². The topological polar surface area (TPSA) is 74.5 Å². The van der Waals surface area contributed by atoms with Crippen LogP contribution >= 0.6 is 0 Å². The fourth-order valence-corrected chi connectivity index (χ4v) is 1.77. The van der Waals surface area contributed by atoms with Crippen molar-refractivity contribution in [1.82, 2.24) is 5.43 Å². The highest BCUT2D eigenvalue weighted by molar-refractivity contribution is 5.84. The number of nitriles is 1. The van der Waals surface area contributed by atoms with Gasteiger partial charge in [-0.15, -0.1) is 0 Å². The molecule has 0 spiro atoms. The Bertz CT molecular complexity index is 733. The normalized spacial score (nSPS) is 10.2. The van der Waals surface area contributed by atoms with Crippen LogP contribution in [0.5, 0.6) is 5.75 Å². The Morgan fingerprint density at radius 1 is 1.27 bits per heavy atom. The Labute approximate surface area is 128 Å². The predicted molar refractivity (Wildman–Crippen MR) is 83.6 cm³/mol. The van der Waals surface area contributed by atoms with E-state index in [4.69, 9.17) is 10.00 Å². The standard InChI is InChI=1S/C17H15N3O2/c1-13-6-2-3-8-15(13)11-19-20-17(21)12-22-16-9-5-4-7-14(16)10-18/h2-9,11H,12H2,1H3,(H,20,21). The number of rotatable bonds is 5. The molecule has 110 valence electrons. The van der Waals surface area contributed by atoms with Gasteiger partial charge in [0.15, 0.2) is 6.61 Å². The molecule has 2 aromatic rings. The SMILES string of the molecule is Cc1ccccc1C=NNC(=O)COc1ccccc1C#N. The maximum absolute atomic E-state index is 11.7. The van der Waals surface area contributed by atoms with Crippen molar-refractivity contribution in [2.75, 3.05) is 6.61 Å². The molecular weight excluding hydrogens is 278 g/mol. The minimum atomic E-state index is -0.391. The van der Waals surface area contributed by atoms with Crippen LogP contribution in [0.15, 0.2) is 53.6 Å². The van der Waals surface area contributed by atoms with Gasteiger partial charge in [-0.1, -0.05) is 36.4 Å². The second-order valence-electron chi connectivity index (χ2n) is 4.55. The zero-order chi connectivity index (χ0) is 15.8. The number of aryl methyl sites for hydroxylation is 1. The molecule has 22 heavy (non-hydrogen) atoms. The summed E-state index contributed by atoms with van der Waals surface area (Å²) in [5, 5.41) is 12.8. The quantitative estimate of drug-likeness (QED) is 0.679. The lowest BCUT2D eigenvalue weighted by atomic mass is 10.1. The van der Waals surface area contributed by atoms with E-state index >= 15 is 0 Å². The van der Waals surface area contributed by atoms with E-state index in [2.05, 4.69) is 10.5 Å². The summed E-state index contributed by atoms with van der Waals surface area (Å²) in [6.45, 7) is 1.76. The van der Waals surface area contributed by atoms with Gasteiger partial charge in [0.05, 0.1) is 11.8 Å². The molecule has 5 heteroatoms. The number of nitrogens with one attached hydrogen (secondary N) is 1. The number of para-hydroxylation sites is 1. The molecule has 0 bridgehead atoms. The van der Waals surface area contributed by atoms with Crippen LogP contribution in [-0.4, -0.2) is 18.7 Å². The lowest BCUT2D eigenvalue weighted by Crippen LogP contribution is -2.24. The number of hydrogen-bond acceptors (Lipinski definition) is 4. The van der Waals surface area contributed by atoms with Gasteiger partial charge in [-0.05, 0) is 30.2 Å². The van der Waals surface area contributed by atoms with Crippen molar-refractivity contribution in [3.05, 3.63) is 65.2 Å². The fraction of sp³-hybridized carbons (Fsp3) is 0.118. The maximum atomic E-state index is 11.7. The number of nitrogens with zero attached hydrogens (tertiary/aromatic N) is 2. The second-order valence-corrected chi connectivity index (χ2v) is 4.55. The summed E-state index contributed by atoms with van der Waals surface area (Å²) in [5.74, 6) is -0.0133. The minimum Gasteiger partial charge on any atom is -0.482 e. The van der Waals surface area contributed by atoms with Crippen LogP contribution in [0.2, 0.25) is 0 Å². The van der Waals surface area contributed by atoms with E-state index in [0.717, 1.165) is 11.1 Å². The third kappa shape index (κ3) is 4.18. The first-order chi connectivity index (χ1) is 10.7. The monoisotopic (exact) mass is 293 g/mol. The molecule has 0 saturated heterocycles. The van der Waals surface area contributed by atoms with Gasteiger partial charge in [-0.3, -0.25) is 4.79 Å². The number of carbonyl (C=O) groups is 1. The van der Waals surface area contributed by atoms with Crippen molar-refractivity contribution in [3.8, 4) is 11.8 Å². The van der Waals surface area contributed by atoms with Crippen molar-refractivity contribution >= 4 is 12.1 Å². The number of hydrazone groups is 1. The van der Waals surface area contributed by atoms with Gasteiger partial charge in [-0.25, -0.2) is 5.43 Å². The molecule has 5 nitrogen and oxygen atoms in total. The summed E-state index contributed by atoms with van der Waals surface area (Å²) in [6, 6.07) is 16.5. The molecular formula is C17H15N3O2. The average molecular weight is 293 g/mol. The third-order valence-corrected chi connectivity index (χ3v) is 2.95. The highest BCUT2D eigenvalue weighted by atomic mass is 16.5. The average Bonchev–Trinajstić information content (AvgIpc) is 2.55. The molecule has 0 aliphatic carbocycles. The molecule has 0 radical (unpaired) electrons. The summed E-state index contributed by atoms with van der Waals surface area (Å²) in [4.78, 5) is 11.7. The lowest BCUT2D eigenvalue weighted by molar-refractivity contribution is -0.123. The van der Waals surface area contributed by atoms with Gasteiger partial charge in [0, 0.05) is 0 Å². The van der Waals surface area contributed by atoms with Crippen LogP contribution in [-0.2, 0) is 4.79 Å². The van der Waals surface area contributed by atoms with Gasteiger partial charge in [0.1, 0.15) is 11.8 Å². The highest BCUT2D eigenvalue weighted by Crippen LogP contribution is 2.16. The fourth-order valence-electron chi connectivity index (χ4n) is 1.77. The van der Waals surface area contributed by atoms with Crippen LogP contribution in [0.1, 0.15) is 16.7 Å². The Kier molecular flexibility index (Phi) is 5.27. The van der Waals surface area contributed by atoms with E-state index < -0.39 is 5.91 Å².